The molecule has 1 aliphatic rings. The highest BCUT2D eigenvalue weighted by Gasteiger charge is 2.30. The van der Waals surface area contributed by atoms with Gasteiger partial charge in [-0.2, -0.15) is 0 Å². The van der Waals surface area contributed by atoms with Gasteiger partial charge >= 0.3 is 0 Å². The maximum atomic E-state index is 12.9. The van der Waals surface area contributed by atoms with Crippen LogP contribution in [0.4, 0.5) is 5.69 Å². The van der Waals surface area contributed by atoms with Crippen LogP contribution in [0.15, 0.2) is 48.5 Å². The lowest BCUT2D eigenvalue weighted by atomic mass is 9.95. The molecule has 0 radical (unpaired) electrons. The molecule has 1 heterocycles. The van der Waals surface area contributed by atoms with Gasteiger partial charge in [-0.25, -0.2) is 0 Å². The number of nitrogens with one attached hydrogen (secondary N) is 1. The van der Waals surface area contributed by atoms with Crippen LogP contribution in [0.5, 0.6) is 5.75 Å². The fraction of sp³-hybridized carbons (Fsp3) is 0.440. The Bertz CT molecular complexity index is 879. The normalized spacial score (nSPS) is 17.2. The number of ether oxygens (including phenoxy) is 1. The van der Waals surface area contributed by atoms with Gasteiger partial charge in [0.2, 0.25) is 5.91 Å². The Kier molecular flexibility index (Phi) is 7.14. The average molecular weight is 409 g/mol. The second-order valence-electron chi connectivity index (χ2n) is 8.31. The quantitative estimate of drug-likeness (QED) is 0.703. The van der Waals surface area contributed by atoms with Gasteiger partial charge in [0.15, 0.2) is 6.10 Å². The first-order chi connectivity index (χ1) is 14.4. The molecule has 0 aromatic heterocycles. The van der Waals surface area contributed by atoms with Crippen LogP contribution in [-0.4, -0.2) is 29.4 Å². The van der Waals surface area contributed by atoms with Crippen molar-refractivity contribution in [3.8, 4) is 5.75 Å². The lowest BCUT2D eigenvalue weighted by molar-refractivity contribution is -0.139. The highest BCUT2D eigenvalue weighted by atomic mass is 16.5. The monoisotopic (exact) mass is 408 g/mol. The number of amides is 2. The van der Waals surface area contributed by atoms with Gasteiger partial charge in [-0.05, 0) is 42.5 Å². The summed E-state index contributed by atoms with van der Waals surface area (Å²) < 4.78 is 6.02. The Labute approximate surface area is 179 Å². The summed E-state index contributed by atoms with van der Waals surface area (Å²) in [5, 5.41) is 3.06. The summed E-state index contributed by atoms with van der Waals surface area (Å²) in [5.41, 5.74) is 2.66. The second kappa shape index (κ2) is 9.79. The number of nitrogens with zero attached hydrogens (tertiary/aromatic N) is 1. The molecule has 0 saturated carbocycles. The molecular weight excluding hydrogens is 376 g/mol. The first-order valence-corrected chi connectivity index (χ1v) is 10.9. The van der Waals surface area contributed by atoms with E-state index in [-0.39, 0.29) is 17.7 Å². The predicted molar refractivity (Wildman–Crippen MR) is 120 cm³/mol. The number of hydrogen-bond donors (Lipinski definition) is 1. The molecule has 1 N–H and O–H groups in total. The molecule has 2 atom stereocenters. The smallest absolute Gasteiger partial charge is 0.263 e. The zero-order valence-corrected chi connectivity index (χ0v) is 18.4. The zero-order valence-electron chi connectivity index (χ0n) is 18.4. The van der Waals surface area contributed by atoms with E-state index in [4.69, 9.17) is 4.74 Å². The fourth-order valence-corrected chi connectivity index (χ4v) is 3.93. The summed E-state index contributed by atoms with van der Waals surface area (Å²) in [6, 6.07) is 15.5. The van der Waals surface area contributed by atoms with Gasteiger partial charge in [0.25, 0.3) is 5.91 Å². The van der Waals surface area contributed by atoms with Crippen LogP contribution >= 0.6 is 0 Å². The molecule has 5 heteroatoms. The Morgan fingerprint density at radius 3 is 2.53 bits per heavy atom. The van der Waals surface area contributed by atoms with Gasteiger partial charge in [0.1, 0.15) is 5.75 Å². The number of anilines is 1. The summed E-state index contributed by atoms with van der Waals surface area (Å²) >= 11 is 0. The number of carbonyl (C=O) groups is 2. The third kappa shape index (κ3) is 5.02. The summed E-state index contributed by atoms with van der Waals surface area (Å²) in [6.07, 6.45) is 0.882. The van der Waals surface area contributed by atoms with Crippen molar-refractivity contribution in [1.29, 1.82) is 0 Å². The molecule has 3 rings (SSSR count). The van der Waals surface area contributed by atoms with Gasteiger partial charge < -0.3 is 15.0 Å². The topological polar surface area (TPSA) is 58.6 Å². The van der Waals surface area contributed by atoms with Crippen molar-refractivity contribution < 1.29 is 14.3 Å². The number of fused-ring (bicyclic) bond motifs is 1. The molecule has 2 unspecified atom stereocenters. The number of rotatable bonds is 7. The van der Waals surface area contributed by atoms with Crippen LogP contribution in [0.3, 0.4) is 0 Å². The van der Waals surface area contributed by atoms with Crippen molar-refractivity contribution in [2.24, 2.45) is 5.92 Å². The van der Waals surface area contributed by atoms with Crippen LogP contribution < -0.4 is 10.1 Å². The average Bonchev–Trinajstić information content (AvgIpc) is 2.85. The third-order valence-corrected chi connectivity index (χ3v) is 5.43. The molecule has 2 aromatic rings. The first-order valence-electron chi connectivity index (χ1n) is 10.9. The van der Waals surface area contributed by atoms with Crippen molar-refractivity contribution in [3.63, 3.8) is 0 Å². The zero-order chi connectivity index (χ0) is 21.7. The Morgan fingerprint density at radius 1 is 1.17 bits per heavy atom. The molecule has 30 heavy (non-hydrogen) atoms. The molecule has 0 saturated heterocycles. The summed E-state index contributed by atoms with van der Waals surface area (Å²) in [7, 11) is 0. The molecule has 0 aliphatic carbocycles. The highest BCUT2D eigenvalue weighted by Crippen LogP contribution is 2.30. The number of benzene rings is 2. The molecule has 2 aromatic carbocycles. The first kappa shape index (κ1) is 21.9. The van der Waals surface area contributed by atoms with Crippen molar-refractivity contribution in [2.75, 3.05) is 11.9 Å². The van der Waals surface area contributed by atoms with Crippen LogP contribution in [-0.2, 0) is 16.1 Å². The molecule has 2 amide bonds. The molecule has 0 bridgehead atoms. The minimum atomic E-state index is -0.465. The van der Waals surface area contributed by atoms with E-state index in [0.717, 1.165) is 29.0 Å². The minimum Gasteiger partial charge on any atom is -0.480 e. The predicted octanol–water partition coefficient (Wildman–Crippen LogP) is 4.97. The summed E-state index contributed by atoms with van der Waals surface area (Å²) in [4.78, 5) is 27.7. The van der Waals surface area contributed by atoms with Crippen molar-refractivity contribution >= 4 is 17.5 Å². The summed E-state index contributed by atoms with van der Waals surface area (Å²) in [6.45, 7) is 9.35. The third-order valence-electron chi connectivity index (χ3n) is 5.43. The van der Waals surface area contributed by atoms with Crippen LogP contribution in [0, 0.1) is 5.92 Å². The van der Waals surface area contributed by atoms with E-state index in [1.165, 1.54) is 0 Å². The Hall–Kier alpha value is -2.82. The van der Waals surface area contributed by atoms with Gasteiger partial charge in [0.05, 0.1) is 5.92 Å². The second-order valence-corrected chi connectivity index (χ2v) is 8.31. The van der Waals surface area contributed by atoms with Gasteiger partial charge in [0, 0.05) is 24.3 Å². The minimum absolute atomic E-state index is 0.0280. The van der Waals surface area contributed by atoms with Crippen molar-refractivity contribution in [3.05, 3.63) is 59.7 Å². The highest BCUT2D eigenvalue weighted by molar-refractivity contribution is 5.96. The van der Waals surface area contributed by atoms with E-state index in [9.17, 15) is 9.59 Å². The molecule has 5 nitrogen and oxygen atoms in total. The standard InChI is InChI=1S/C25H32N2O3/c1-5-21(18-10-8-7-9-11-18)24(28)26-20-12-13-23-19(14-20)16-27(15-17(3)4)25(29)22(6-2)30-23/h7-14,17,21-22H,5-6,15-16H2,1-4H3,(H,26,28). The number of hydrogen-bond acceptors (Lipinski definition) is 3. The molecular formula is C25H32N2O3. The van der Waals surface area contributed by atoms with Crippen LogP contribution in [0.25, 0.3) is 0 Å². The van der Waals surface area contributed by atoms with E-state index in [0.29, 0.717) is 25.4 Å². The Morgan fingerprint density at radius 2 is 1.90 bits per heavy atom. The van der Waals surface area contributed by atoms with E-state index in [1.54, 1.807) is 0 Å². The van der Waals surface area contributed by atoms with E-state index >= 15 is 0 Å². The summed E-state index contributed by atoms with van der Waals surface area (Å²) in [5.74, 6) is 0.884. The van der Waals surface area contributed by atoms with Gasteiger partial charge in [-0.15, -0.1) is 0 Å². The van der Waals surface area contributed by atoms with E-state index in [2.05, 4.69) is 19.2 Å². The molecule has 0 spiro atoms. The number of carbonyl (C=O) groups excluding carboxylic acids is 2. The largest absolute Gasteiger partial charge is 0.480 e. The van der Waals surface area contributed by atoms with Gasteiger partial charge in [-0.1, -0.05) is 58.0 Å². The lowest BCUT2D eigenvalue weighted by Crippen LogP contribution is -2.41. The molecule has 0 fully saturated rings. The maximum Gasteiger partial charge on any atom is 0.263 e. The molecule has 1 aliphatic heterocycles. The SMILES string of the molecule is CCC1Oc2ccc(NC(=O)C(CC)c3ccccc3)cc2CN(CC(C)C)C1=O. The molecule has 160 valence electrons. The fourth-order valence-electron chi connectivity index (χ4n) is 3.93. The maximum absolute atomic E-state index is 12.9. The van der Waals surface area contributed by atoms with Crippen molar-refractivity contribution in [2.45, 2.75) is 59.1 Å². The Balaban J connectivity index is 1.82. The van der Waals surface area contributed by atoms with Gasteiger partial charge in [-0.3, -0.25) is 9.59 Å². The lowest BCUT2D eigenvalue weighted by Gasteiger charge is -2.25. The van der Waals surface area contributed by atoms with E-state index in [1.807, 2.05) is 67.3 Å². The van der Waals surface area contributed by atoms with E-state index < -0.39 is 6.10 Å². The van der Waals surface area contributed by atoms with Crippen LogP contribution in [0.2, 0.25) is 0 Å². The van der Waals surface area contributed by atoms with Crippen LogP contribution in [0.1, 0.15) is 57.6 Å². The van der Waals surface area contributed by atoms with Crippen molar-refractivity contribution in [1.82, 2.24) is 4.90 Å².